The normalized spacial score (nSPS) is 13.3. The predicted molar refractivity (Wildman–Crippen MR) is 70.2 cm³/mol. The van der Waals surface area contributed by atoms with Crippen LogP contribution in [0.25, 0.3) is 0 Å². The van der Waals surface area contributed by atoms with E-state index in [1.165, 1.54) is 0 Å². The second-order valence-electron chi connectivity index (χ2n) is 4.06. The van der Waals surface area contributed by atoms with Gasteiger partial charge in [-0.2, -0.15) is 18.2 Å². The molecule has 0 bridgehead atoms. The summed E-state index contributed by atoms with van der Waals surface area (Å²) >= 11 is 0. The summed E-state index contributed by atoms with van der Waals surface area (Å²) in [6.45, 7) is 3.23. The maximum absolute atomic E-state index is 8.79. The molecular formula is C15H10N3-. The van der Waals surface area contributed by atoms with Gasteiger partial charge in [-0.05, 0) is 12.1 Å². The molecule has 0 spiro atoms. The van der Waals surface area contributed by atoms with E-state index in [4.69, 9.17) is 5.26 Å². The lowest BCUT2D eigenvalue weighted by Crippen LogP contribution is -2.17. The van der Waals surface area contributed by atoms with Crippen molar-refractivity contribution in [2.24, 2.45) is 0 Å². The molecule has 2 radical (unpaired) electrons. The zero-order valence-corrected chi connectivity index (χ0v) is 9.88. The highest BCUT2D eigenvalue weighted by Crippen LogP contribution is 2.41. The molecule has 3 nitrogen and oxygen atoms in total. The van der Waals surface area contributed by atoms with Crippen LogP contribution in [0.5, 0.6) is 0 Å². The first kappa shape index (κ1) is 10.7. The van der Waals surface area contributed by atoms with Crippen LogP contribution >= 0.6 is 0 Å². The van der Waals surface area contributed by atoms with Gasteiger partial charge in [-0.15, -0.1) is 6.07 Å². The second-order valence-corrected chi connectivity index (χ2v) is 4.06. The van der Waals surface area contributed by atoms with Crippen molar-refractivity contribution in [1.82, 2.24) is 0 Å². The lowest BCUT2D eigenvalue weighted by Gasteiger charge is -2.22. The van der Waals surface area contributed by atoms with Gasteiger partial charge in [0.25, 0.3) is 0 Å². The van der Waals surface area contributed by atoms with E-state index < -0.39 is 0 Å². The van der Waals surface area contributed by atoms with Crippen molar-refractivity contribution in [3.63, 3.8) is 0 Å². The summed E-state index contributed by atoms with van der Waals surface area (Å²) in [6, 6.07) is 18.6. The van der Waals surface area contributed by atoms with Crippen LogP contribution in [0.15, 0.2) is 42.5 Å². The Labute approximate surface area is 106 Å². The van der Waals surface area contributed by atoms with E-state index in [1.54, 1.807) is 12.1 Å². The molecule has 0 N–H and O–H groups in total. The van der Waals surface area contributed by atoms with Gasteiger partial charge in [0.15, 0.2) is 0 Å². The van der Waals surface area contributed by atoms with Gasteiger partial charge < -0.3 is 9.80 Å². The minimum Gasteiger partial charge on any atom is -0.342 e. The van der Waals surface area contributed by atoms with E-state index in [9.17, 15) is 0 Å². The highest BCUT2D eigenvalue weighted by molar-refractivity contribution is 5.84. The van der Waals surface area contributed by atoms with Crippen LogP contribution in [0.2, 0.25) is 0 Å². The molecule has 2 aromatic rings. The van der Waals surface area contributed by atoms with Gasteiger partial charge >= 0.3 is 0 Å². The zero-order valence-electron chi connectivity index (χ0n) is 9.88. The van der Waals surface area contributed by atoms with Crippen molar-refractivity contribution in [2.45, 2.75) is 0 Å². The monoisotopic (exact) mass is 232 g/mol. The molecule has 0 fully saturated rings. The van der Waals surface area contributed by atoms with E-state index in [-0.39, 0.29) is 0 Å². The van der Waals surface area contributed by atoms with Gasteiger partial charge in [0.05, 0.1) is 11.4 Å². The molecular weight excluding hydrogens is 222 g/mol. The number of para-hydroxylation sites is 2. The molecule has 1 heterocycles. The number of fused-ring (bicyclic) bond motifs is 1. The molecule has 0 amide bonds. The van der Waals surface area contributed by atoms with Crippen molar-refractivity contribution >= 4 is 17.1 Å². The Kier molecular flexibility index (Phi) is 2.42. The van der Waals surface area contributed by atoms with E-state index >= 15 is 0 Å². The van der Waals surface area contributed by atoms with Crippen LogP contribution in [-0.2, 0) is 0 Å². The Morgan fingerprint density at radius 2 is 1.94 bits per heavy atom. The summed E-state index contributed by atoms with van der Waals surface area (Å²) in [5, 5.41) is 8.79. The Bertz CT molecular complexity index is 610. The standard InChI is InChI=1S/C15H10N3/c1-17-11-18(15-5-3-2-4-14(15)17)13-8-6-12(10-16)7-9-13/h2-8H,1H3/q-1. The maximum atomic E-state index is 8.79. The van der Waals surface area contributed by atoms with Crippen LogP contribution in [0, 0.1) is 24.1 Å². The van der Waals surface area contributed by atoms with E-state index in [0.717, 1.165) is 17.1 Å². The first-order chi connectivity index (χ1) is 8.79. The fourth-order valence-corrected chi connectivity index (χ4v) is 2.00. The number of rotatable bonds is 1. The minimum atomic E-state index is 0.611. The van der Waals surface area contributed by atoms with Crippen LogP contribution in [0.3, 0.4) is 0 Å². The Balaban J connectivity index is 2.01. The zero-order chi connectivity index (χ0) is 12.5. The average molecular weight is 232 g/mol. The molecule has 0 saturated heterocycles. The maximum Gasteiger partial charge on any atom is 0.211 e. The van der Waals surface area contributed by atoms with E-state index in [1.807, 2.05) is 47.2 Å². The fraction of sp³-hybridized carbons (Fsp3) is 0.0667. The molecule has 1 aliphatic rings. The van der Waals surface area contributed by atoms with Crippen molar-refractivity contribution in [1.29, 1.82) is 5.26 Å². The number of hydrogen-bond donors (Lipinski definition) is 0. The van der Waals surface area contributed by atoms with Crippen molar-refractivity contribution in [2.75, 3.05) is 16.8 Å². The SMILES string of the molecule is CN1[C]N(c2[c-]cc(C#N)cc2)c2ccccc21. The van der Waals surface area contributed by atoms with Gasteiger partial charge in [0.2, 0.25) is 6.67 Å². The molecule has 3 rings (SSSR count). The first-order valence-electron chi connectivity index (χ1n) is 5.60. The summed E-state index contributed by atoms with van der Waals surface area (Å²) in [7, 11) is 1.96. The third-order valence-corrected chi connectivity index (χ3v) is 2.90. The predicted octanol–water partition coefficient (Wildman–Crippen LogP) is 2.94. The Hall–Kier alpha value is -2.47. The summed E-state index contributed by atoms with van der Waals surface area (Å²) in [4.78, 5) is 3.89. The smallest absolute Gasteiger partial charge is 0.211 e. The number of hydrogen-bond acceptors (Lipinski definition) is 3. The Morgan fingerprint density at radius 1 is 1.17 bits per heavy atom. The second kappa shape index (κ2) is 4.08. The molecule has 0 atom stereocenters. The molecule has 0 aliphatic carbocycles. The number of nitrogens with zero attached hydrogens (tertiary/aromatic N) is 3. The van der Waals surface area contributed by atoms with Crippen LogP contribution in [0.1, 0.15) is 5.56 Å². The summed E-state index contributed by atoms with van der Waals surface area (Å²) in [5.74, 6) is 0. The molecule has 18 heavy (non-hydrogen) atoms. The minimum absolute atomic E-state index is 0.611. The van der Waals surface area contributed by atoms with Crippen LogP contribution in [-0.4, -0.2) is 7.05 Å². The van der Waals surface area contributed by atoms with Crippen molar-refractivity contribution in [3.8, 4) is 6.07 Å². The third kappa shape index (κ3) is 1.59. The molecule has 3 heteroatoms. The molecule has 0 aromatic heterocycles. The van der Waals surface area contributed by atoms with Gasteiger partial charge in [-0.1, -0.05) is 23.4 Å². The molecule has 2 aromatic carbocycles. The lowest BCUT2D eigenvalue weighted by atomic mass is 10.2. The largest absolute Gasteiger partial charge is 0.342 e. The quantitative estimate of drug-likeness (QED) is 0.708. The number of nitriles is 1. The average Bonchev–Trinajstić information content (AvgIpc) is 2.77. The van der Waals surface area contributed by atoms with E-state index in [2.05, 4.69) is 18.8 Å². The van der Waals surface area contributed by atoms with E-state index in [0.29, 0.717) is 5.56 Å². The van der Waals surface area contributed by atoms with Crippen LogP contribution in [0.4, 0.5) is 17.1 Å². The molecule has 1 aliphatic heterocycles. The third-order valence-electron chi connectivity index (χ3n) is 2.90. The van der Waals surface area contributed by atoms with Gasteiger partial charge in [-0.3, -0.25) is 0 Å². The molecule has 0 unspecified atom stereocenters. The highest BCUT2D eigenvalue weighted by Gasteiger charge is 2.23. The van der Waals surface area contributed by atoms with Gasteiger partial charge in [-0.25, -0.2) is 5.26 Å². The van der Waals surface area contributed by atoms with Crippen LogP contribution < -0.4 is 9.80 Å². The topological polar surface area (TPSA) is 30.3 Å². The summed E-state index contributed by atoms with van der Waals surface area (Å²) < 4.78 is 0. The lowest BCUT2D eigenvalue weighted by molar-refractivity contribution is 1.08. The summed E-state index contributed by atoms with van der Waals surface area (Å²) in [5.41, 5.74) is 3.67. The summed E-state index contributed by atoms with van der Waals surface area (Å²) in [6.07, 6.45) is 0. The molecule has 0 saturated carbocycles. The Morgan fingerprint density at radius 3 is 2.61 bits per heavy atom. The van der Waals surface area contributed by atoms with Crippen molar-refractivity contribution in [3.05, 3.63) is 60.8 Å². The van der Waals surface area contributed by atoms with Gasteiger partial charge in [0.1, 0.15) is 0 Å². The first-order valence-corrected chi connectivity index (χ1v) is 5.60. The van der Waals surface area contributed by atoms with Crippen molar-refractivity contribution < 1.29 is 0 Å². The van der Waals surface area contributed by atoms with Gasteiger partial charge in [0, 0.05) is 13.1 Å². The number of benzene rings is 2. The number of anilines is 3. The molecule has 86 valence electrons. The fourth-order valence-electron chi connectivity index (χ4n) is 2.00. The highest BCUT2D eigenvalue weighted by atomic mass is 15.4.